The van der Waals surface area contributed by atoms with E-state index >= 15 is 0 Å². The summed E-state index contributed by atoms with van der Waals surface area (Å²) in [6.45, 7) is 6.85. The summed E-state index contributed by atoms with van der Waals surface area (Å²) in [6.07, 6.45) is 1.34. The monoisotopic (exact) mass is 530 g/mol. The molecule has 1 heterocycles. The number of rotatable bonds is 9. The van der Waals surface area contributed by atoms with Gasteiger partial charge in [0.1, 0.15) is 11.6 Å². The van der Waals surface area contributed by atoms with Crippen LogP contribution in [-0.4, -0.2) is 46.7 Å². The number of thioether (sulfide) groups is 1. The molecule has 0 spiro atoms. The molecule has 6 heteroatoms. The molecule has 1 atom stereocenters. The van der Waals surface area contributed by atoms with Gasteiger partial charge in [0.25, 0.3) is 0 Å². The van der Waals surface area contributed by atoms with E-state index in [2.05, 4.69) is 43.4 Å². The van der Waals surface area contributed by atoms with Gasteiger partial charge in [-0.25, -0.2) is 0 Å². The van der Waals surface area contributed by atoms with Gasteiger partial charge in [-0.1, -0.05) is 86.6 Å². The lowest BCUT2D eigenvalue weighted by Crippen LogP contribution is -2.53. The van der Waals surface area contributed by atoms with Crippen molar-refractivity contribution < 1.29 is 14.7 Å². The van der Waals surface area contributed by atoms with Crippen LogP contribution in [-0.2, 0) is 15.2 Å². The number of aliphatic hydroxyl groups is 1. The normalized spacial score (nSPS) is 15.3. The molecule has 0 aliphatic carbocycles. The van der Waals surface area contributed by atoms with Crippen LogP contribution in [0.25, 0.3) is 0 Å². The van der Waals surface area contributed by atoms with Crippen LogP contribution >= 0.6 is 11.8 Å². The van der Waals surface area contributed by atoms with Gasteiger partial charge in [0.05, 0.1) is 0 Å². The molecule has 1 fully saturated rings. The third-order valence-corrected chi connectivity index (χ3v) is 8.57. The highest BCUT2D eigenvalue weighted by Gasteiger charge is 2.42. The Labute approximate surface area is 230 Å². The second-order valence-electron chi connectivity index (χ2n) is 10.4. The van der Waals surface area contributed by atoms with Crippen molar-refractivity contribution in [3.63, 3.8) is 0 Å². The number of amides is 2. The van der Waals surface area contributed by atoms with Crippen molar-refractivity contribution in [1.82, 2.24) is 10.2 Å². The first-order valence-corrected chi connectivity index (χ1v) is 14.4. The Bertz CT molecular complexity index is 1150. The van der Waals surface area contributed by atoms with Crippen molar-refractivity contribution in [2.75, 3.05) is 18.8 Å². The van der Waals surface area contributed by atoms with Crippen molar-refractivity contribution in [2.45, 2.75) is 56.1 Å². The molecule has 2 amide bonds. The van der Waals surface area contributed by atoms with E-state index in [1.54, 1.807) is 11.8 Å². The zero-order chi connectivity index (χ0) is 27.1. The first-order chi connectivity index (χ1) is 18.3. The van der Waals surface area contributed by atoms with E-state index < -0.39 is 11.6 Å². The second-order valence-corrected chi connectivity index (χ2v) is 11.5. The predicted molar refractivity (Wildman–Crippen MR) is 154 cm³/mol. The maximum Gasteiger partial charge on any atom is 0.246 e. The molecule has 0 bridgehead atoms. The molecular formula is C32H38N2O3S. The number of nitrogens with zero attached hydrogens (tertiary/aromatic N) is 1. The fourth-order valence-electron chi connectivity index (χ4n) is 5.31. The van der Waals surface area contributed by atoms with E-state index in [-0.39, 0.29) is 17.7 Å². The van der Waals surface area contributed by atoms with E-state index in [0.29, 0.717) is 37.6 Å². The average molecular weight is 531 g/mol. The Morgan fingerprint density at radius 2 is 1.45 bits per heavy atom. The number of likely N-dealkylation sites (tertiary alicyclic amines) is 1. The summed E-state index contributed by atoms with van der Waals surface area (Å²) < 4.78 is 0. The van der Waals surface area contributed by atoms with E-state index in [1.165, 1.54) is 12.5 Å². The van der Waals surface area contributed by atoms with Gasteiger partial charge in [0.15, 0.2) is 0 Å². The summed E-state index contributed by atoms with van der Waals surface area (Å²) in [6, 6.07) is 27.4. The number of hydrogen-bond acceptors (Lipinski definition) is 4. The lowest BCUT2D eigenvalue weighted by atomic mass is 9.72. The number of benzene rings is 3. The summed E-state index contributed by atoms with van der Waals surface area (Å²) in [7, 11) is 0. The van der Waals surface area contributed by atoms with Crippen molar-refractivity contribution in [1.29, 1.82) is 0 Å². The standard InChI is InChI=1S/C32H38N2O3S/c1-23(2)25-14-16-29(17-15-25)38-22-30(33-24(3)35)31(36)34-20-18-28(19-21-34)32(37,26-10-6-4-7-11-26)27-12-8-5-9-13-27/h4-17,23,28,30,37H,18-22H2,1-3H3,(H,33,35). The molecule has 2 N–H and O–H groups in total. The maximum atomic E-state index is 13.5. The number of hydrogen-bond donors (Lipinski definition) is 2. The molecule has 38 heavy (non-hydrogen) atoms. The Hall–Kier alpha value is -3.09. The van der Waals surface area contributed by atoms with Crippen LogP contribution in [0.5, 0.6) is 0 Å². The molecule has 3 aromatic carbocycles. The Morgan fingerprint density at radius 3 is 1.92 bits per heavy atom. The predicted octanol–water partition coefficient (Wildman–Crippen LogP) is 5.58. The molecule has 0 saturated carbocycles. The van der Waals surface area contributed by atoms with Gasteiger partial charge in [-0.05, 0) is 53.5 Å². The number of piperidine rings is 1. The fraction of sp³-hybridized carbons (Fsp3) is 0.375. The smallest absolute Gasteiger partial charge is 0.246 e. The van der Waals surface area contributed by atoms with Gasteiger partial charge >= 0.3 is 0 Å². The summed E-state index contributed by atoms with van der Waals surface area (Å²) in [5.74, 6) is 0.623. The Kier molecular flexibility index (Phi) is 9.29. The van der Waals surface area contributed by atoms with E-state index in [1.807, 2.05) is 65.6 Å². The molecule has 200 valence electrons. The summed E-state index contributed by atoms with van der Waals surface area (Å²) >= 11 is 1.58. The molecule has 1 saturated heterocycles. The van der Waals surface area contributed by atoms with Crippen LogP contribution in [0.4, 0.5) is 0 Å². The highest BCUT2D eigenvalue weighted by molar-refractivity contribution is 7.99. The van der Waals surface area contributed by atoms with Gasteiger partial charge < -0.3 is 15.3 Å². The summed E-state index contributed by atoms with van der Waals surface area (Å²) in [5, 5.41) is 15.0. The largest absolute Gasteiger partial charge is 0.380 e. The third-order valence-electron chi connectivity index (χ3n) is 7.46. The van der Waals surface area contributed by atoms with Gasteiger partial charge in [-0.15, -0.1) is 11.8 Å². The van der Waals surface area contributed by atoms with E-state index in [0.717, 1.165) is 16.0 Å². The lowest BCUT2D eigenvalue weighted by molar-refractivity contribution is -0.137. The Morgan fingerprint density at radius 1 is 0.921 bits per heavy atom. The minimum Gasteiger partial charge on any atom is -0.380 e. The number of nitrogens with one attached hydrogen (secondary N) is 1. The molecule has 0 aromatic heterocycles. The number of carbonyl (C=O) groups excluding carboxylic acids is 2. The minimum absolute atomic E-state index is 0.0376. The van der Waals surface area contributed by atoms with Crippen LogP contribution in [0.2, 0.25) is 0 Å². The van der Waals surface area contributed by atoms with Crippen molar-refractivity contribution in [3.8, 4) is 0 Å². The molecule has 1 aliphatic rings. The molecule has 4 rings (SSSR count). The van der Waals surface area contributed by atoms with Crippen molar-refractivity contribution in [2.24, 2.45) is 5.92 Å². The van der Waals surface area contributed by atoms with Gasteiger partial charge in [0.2, 0.25) is 11.8 Å². The van der Waals surface area contributed by atoms with Crippen LogP contribution in [0.3, 0.4) is 0 Å². The lowest BCUT2D eigenvalue weighted by Gasteiger charge is -2.43. The van der Waals surface area contributed by atoms with Crippen LogP contribution < -0.4 is 5.32 Å². The molecule has 3 aromatic rings. The average Bonchev–Trinajstić information content (AvgIpc) is 2.95. The zero-order valence-corrected chi connectivity index (χ0v) is 23.3. The fourth-order valence-corrected chi connectivity index (χ4v) is 6.22. The van der Waals surface area contributed by atoms with Crippen molar-refractivity contribution in [3.05, 3.63) is 102 Å². The molecule has 5 nitrogen and oxygen atoms in total. The van der Waals surface area contributed by atoms with Gasteiger partial charge in [-0.3, -0.25) is 9.59 Å². The van der Waals surface area contributed by atoms with Gasteiger partial charge in [-0.2, -0.15) is 0 Å². The first kappa shape index (κ1) is 27.9. The molecule has 1 unspecified atom stereocenters. The second kappa shape index (κ2) is 12.6. The zero-order valence-electron chi connectivity index (χ0n) is 22.5. The quantitative estimate of drug-likeness (QED) is 0.354. The third kappa shape index (κ3) is 6.48. The molecular weight excluding hydrogens is 492 g/mol. The Balaban J connectivity index is 1.45. The molecule has 1 aliphatic heterocycles. The van der Waals surface area contributed by atoms with Crippen LogP contribution in [0, 0.1) is 5.92 Å². The van der Waals surface area contributed by atoms with E-state index in [9.17, 15) is 14.7 Å². The maximum absolute atomic E-state index is 13.5. The highest BCUT2D eigenvalue weighted by atomic mass is 32.2. The highest BCUT2D eigenvalue weighted by Crippen LogP contribution is 2.42. The topological polar surface area (TPSA) is 69.6 Å². The van der Waals surface area contributed by atoms with Crippen LogP contribution in [0.15, 0.2) is 89.8 Å². The summed E-state index contributed by atoms with van der Waals surface area (Å²) in [5.41, 5.74) is 1.88. The van der Waals surface area contributed by atoms with Crippen LogP contribution in [0.1, 0.15) is 56.2 Å². The minimum atomic E-state index is -1.13. The molecule has 0 radical (unpaired) electrons. The van der Waals surface area contributed by atoms with Crippen molar-refractivity contribution >= 4 is 23.6 Å². The summed E-state index contributed by atoms with van der Waals surface area (Å²) in [4.78, 5) is 28.4. The SMILES string of the molecule is CC(=O)NC(CSc1ccc(C(C)C)cc1)C(=O)N1CCC(C(O)(c2ccccc2)c2ccccc2)CC1. The van der Waals surface area contributed by atoms with Gasteiger partial charge in [0, 0.05) is 30.7 Å². The number of carbonyl (C=O) groups is 2. The first-order valence-electron chi connectivity index (χ1n) is 13.4. The van der Waals surface area contributed by atoms with E-state index in [4.69, 9.17) is 0 Å².